The van der Waals surface area contributed by atoms with Crippen molar-refractivity contribution in [2.75, 3.05) is 0 Å². The minimum absolute atomic E-state index is 0.0717. The van der Waals surface area contributed by atoms with Gasteiger partial charge in [-0.3, -0.25) is 9.55 Å². The van der Waals surface area contributed by atoms with Gasteiger partial charge in [-0.15, -0.1) is 21.5 Å². The molecule has 7 heteroatoms. The molecule has 0 aliphatic carbocycles. The molecule has 0 saturated carbocycles. The number of thioether (sulfide) groups is 1. The van der Waals surface area contributed by atoms with E-state index in [1.54, 1.807) is 29.3 Å². The monoisotopic (exact) mass is 421 g/mol. The topological polar surface area (TPSA) is 56.5 Å². The van der Waals surface area contributed by atoms with Crippen LogP contribution in [-0.4, -0.2) is 24.7 Å². The van der Waals surface area contributed by atoms with Crippen molar-refractivity contribution in [1.82, 2.24) is 24.7 Å². The third-order valence-corrected chi connectivity index (χ3v) is 6.73. The molecule has 0 atom stereocenters. The minimum atomic E-state index is 0.0717. The lowest BCUT2D eigenvalue weighted by Gasteiger charge is -2.13. The van der Waals surface area contributed by atoms with E-state index >= 15 is 0 Å². The summed E-state index contributed by atoms with van der Waals surface area (Å²) in [7, 11) is 0. The smallest absolute Gasteiger partial charge is 0.196 e. The van der Waals surface area contributed by atoms with Crippen molar-refractivity contribution in [3.05, 3.63) is 70.4 Å². The number of aromatic nitrogens is 5. The molecule has 0 spiro atoms. The molecule has 0 N–H and O–H groups in total. The van der Waals surface area contributed by atoms with Crippen LogP contribution in [0.15, 0.2) is 59.3 Å². The minimum Gasteiger partial charge on any atom is -0.270 e. The average Bonchev–Trinajstić information content (AvgIpc) is 3.34. The number of hydrogen-bond donors (Lipinski definition) is 0. The molecule has 5 nitrogen and oxygen atoms in total. The highest BCUT2D eigenvalue weighted by molar-refractivity contribution is 7.98. The molecule has 3 aromatic heterocycles. The van der Waals surface area contributed by atoms with Crippen LogP contribution in [0.25, 0.3) is 17.1 Å². The number of benzene rings is 1. The molecule has 0 bridgehead atoms. The van der Waals surface area contributed by atoms with Crippen LogP contribution in [0.3, 0.4) is 0 Å². The lowest BCUT2D eigenvalue weighted by Crippen LogP contribution is -2.10. The quantitative estimate of drug-likeness (QED) is 0.388. The van der Waals surface area contributed by atoms with Gasteiger partial charge in [-0.05, 0) is 30.7 Å². The van der Waals surface area contributed by atoms with Gasteiger partial charge in [0.05, 0.1) is 16.4 Å². The van der Waals surface area contributed by atoms with E-state index in [-0.39, 0.29) is 5.41 Å². The standard InChI is InChI=1S/C22H23N5S2/c1-15-8-5-6-10-18(15)27-19(16-9-7-11-23-12-16)25-26-21(27)29-14-17-13-28-20(24-17)22(2,3)4/h5-13H,14H2,1-4H3. The van der Waals surface area contributed by atoms with Crippen LogP contribution >= 0.6 is 23.1 Å². The molecule has 0 radical (unpaired) electrons. The SMILES string of the molecule is Cc1ccccc1-n1c(SCc2csc(C(C)(C)C)n2)nnc1-c1cccnc1. The van der Waals surface area contributed by atoms with Gasteiger partial charge in [-0.1, -0.05) is 50.7 Å². The maximum Gasteiger partial charge on any atom is 0.196 e. The van der Waals surface area contributed by atoms with E-state index in [0.717, 1.165) is 38.7 Å². The molecule has 0 fully saturated rings. The summed E-state index contributed by atoms with van der Waals surface area (Å²) < 4.78 is 2.12. The van der Waals surface area contributed by atoms with Gasteiger partial charge in [-0.2, -0.15) is 0 Å². The van der Waals surface area contributed by atoms with E-state index in [0.29, 0.717) is 0 Å². The molecule has 29 heavy (non-hydrogen) atoms. The lowest BCUT2D eigenvalue weighted by molar-refractivity contribution is 0.584. The van der Waals surface area contributed by atoms with Crippen LogP contribution in [0.2, 0.25) is 0 Å². The molecule has 0 aliphatic rings. The number of nitrogens with zero attached hydrogens (tertiary/aromatic N) is 5. The number of rotatable bonds is 5. The van der Waals surface area contributed by atoms with E-state index in [1.165, 1.54) is 5.56 Å². The Hall–Kier alpha value is -2.51. The zero-order valence-corrected chi connectivity index (χ0v) is 18.6. The molecule has 4 rings (SSSR count). The van der Waals surface area contributed by atoms with Crippen molar-refractivity contribution >= 4 is 23.1 Å². The molecule has 0 aliphatic heterocycles. The highest BCUT2D eigenvalue weighted by Crippen LogP contribution is 2.32. The van der Waals surface area contributed by atoms with Crippen molar-refractivity contribution in [1.29, 1.82) is 0 Å². The maximum atomic E-state index is 4.81. The van der Waals surface area contributed by atoms with Gasteiger partial charge in [0.1, 0.15) is 0 Å². The first-order chi connectivity index (χ1) is 13.9. The number of para-hydroxylation sites is 1. The second-order valence-electron chi connectivity index (χ2n) is 7.85. The van der Waals surface area contributed by atoms with Crippen LogP contribution in [0.1, 0.15) is 37.0 Å². The third-order valence-electron chi connectivity index (χ3n) is 4.45. The Morgan fingerprint density at radius 3 is 2.59 bits per heavy atom. The summed E-state index contributed by atoms with van der Waals surface area (Å²) in [5, 5.41) is 13.1. The largest absolute Gasteiger partial charge is 0.270 e. The Morgan fingerprint density at radius 1 is 1.07 bits per heavy atom. The highest BCUT2D eigenvalue weighted by Gasteiger charge is 2.20. The Bertz CT molecular complexity index is 1110. The summed E-state index contributed by atoms with van der Waals surface area (Å²) in [5.74, 6) is 1.55. The molecular formula is C22H23N5S2. The lowest BCUT2D eigenvalue weighted by atomic mass is 9.98. The molecule has 148 valence electrons. The second kappa shape index (κ2) is 8.08. The van der Waals surface area contributed by atoms with Gasteiger partial charge in [0.25, 0.3) is 0 Å². The first-order valence-corrected chi connectivity index (χ1v) is 11.3. The van der Waals surface area contributed by atoms with Crippen LogP contribution in [0.5, 0.6) is 0 Å². The maximum absolute atomic E-state index is 4.81. The first-order valence-electron chi connectivity index (χ1n) is 9.43. The second-order valence-corrected chi connectivity index (χ2v) is 9.65. The zero-order valence-electron chi connectivity index (χ0n) is 17.0. The molecule has 0 amide bonds. The van der Waals surface area contributed by atoms with Crippen LogP contribution in [-0.2, 0) is 11.2 Å². The predicted molar refractivity (Wildman–Crippen MR) is 120 cm³/mol. The molecule has 0 unspecified atom stereocenters. The van der Waals surface area contributed by atoms with Crippen molar-refractivity contribution in [3.8, 4) is 17.1 Å². The van der Waals surface area contributed by atoms with Gasteiger partial charge in [0, 0.05) is 34.5 Å². The summed E-state index contributed by atoms with van der Waals surface area (Å²) in [4.78, 5) is 9.06. The Balaban J connectivity index is 1.70. The van der Waals surface area contributed by atoms with Gasteiger partial charge in [0.15, 0.2) is 11.0 Å². The van der Waals surface area contributed by atoms with Crippen molar-refractivity contribution in [2.45, 2.75) is 44.0 Å². The summed E-state index contributed by atoms with van der Waals surface area (Å²) >= 11 is 3.38. The van der Waals surface area contributed by atoms with Crippen molar-refractivity contribution < 1.29 is 0 Å². The van der Waals surface area contributed by atoms with E-state index in [2.05, 4.69) is 65.0 Å². The molecular weight excluding hydrogens is 398 g/mol. The van der Waals surface area contributed by atoms with Crippen molar-refractivity contribution in [2.24, 2.45) is 0 Å². The number of hydrogen-bond acceptors (Lipinski definition) is 6. The number of pyridine rings is 1. The summed E-state index contributed by atoms with van der Waals surface area (Å²) in [6.45, 7) is 8.68. The van der Waals surface area contributed by atoms with Gasteiger partial charge in [0.2, 0.25) is 0 Å². The Kier molecular flexibility index (Phi) is 5.52. The van der Waals surface area contributed by atoms with Crippen LogP contribution in [0.4, 0.5) is 0 Å². The fraction of sp³-hybridized carbons (Fsp3) is 0.273. The van der Waals surface area contributed by atoms with E-state index < -0.39 is 0 Å². The number of thiazole rings is 1. The Morgan fingerprint density at radius 2 is 1.90 bits per heavy atom. The van der Waals surface area contributed by atoms with Crippen LogP contribution in [0, 0.1) is 6.92 Å². The highest BCUT2D eigenvalue weighted by atomic mass is 32.2. The van der Waals surface area contributed by atoms with Crippen LogP contribution < -0.4 is 0 Å². The predicted octanol–water partition coefficient (Wildman–Crippen LogP) is 5.68. The zero-order chi connectivity index (χ0) is 20.4. The third kappa shape index (κ3) is 4.26. The molecule has 0 saturated heterocycles. The molecule has 3 heterocycles. The van der Waals surface area contributed by atoms with E-state index in [1.807, 2.05) is 30.5 Å². The normalized spacial score (nSPS) is 11.7. The fourth-order valence-electron chi connectivity index (χ4n) is 2.93. The van der Waals surface area contributed by atoms with Crippen molar-refractivity contribution in [3.63, 3.8) is 0 Å². The average molecular weight is 422 g/mol. The van der Waals surface area contributed by atoms with E-state index in [4.69, 9.17) is 4.98 Å². The first kappa shape index (κ1) is 19.8. The number of aryl methyl sites for hydroxylation is 1. The fourth-order valence-corrected chi connectivity index (χ4v) is 4.78. The summed E-state index contributed by atoms with van der Waals surface area (Å²) in [6, 6.07) is 12.2. The molecule has 1 aromatic carbocycles. The summed E-state index contributed by atoms with van der Waals surface area (Å²) in [6.07, 6.45) is 3.59. The molecule has 4 aromatic rings. The Labute approximate surface area is 179 Å². The van der Waals surface area contributed by atoms with Gasteiger partial charge in [-0.25, -0.2) is 4.98 Å². The van der Waals surface area contributed by atoms with Gasteiger partial charge < -0.3 is 0 Å². The van der Waals surface area contributed by atoms with Gasteiger partial charge >= 0.3 is 0 Å². The van der Waals surface area contributed by atoms with E-state index in [9.17, 15) is 0 Å². The summed E-state index contributed by atoms with van der Waals surface area (Å²) in [5.41, 5.74) is 4.34.